The standard InChI is InChI=1S/C13H26O2/c1-5-8-10-12(14)13(4,7-3)15-11-9-6-2/h5-11H2,1-4H3. The van der Waals surface area contributed by atoms with Crippen LogP contribution >= 0.6 is 0 Å². The number of carbonyl (C=O) groups excluding carboxylic acids is 1. The third kappa shape index (κ3) is 5.31. The lowest BCUT2D eigenvalue weighted by Crippen LogP contribution is -2.38. The maximum Gasteiger partial charge on any atom is 0.164 e. The van der Waals surface area contributed by atoms with Crippen molar-refractivity contribution in [2.24, 2.45) is 0 Å². The summed E-state index contributed by atoms with van der Waals surface area (Å²) >= 11 is 0. The zero-order valence-electron chi connectivity index (χ0n) is 10.8. The van der Waals surface area contributed by atoms with Crippen LogP contribution in [0.1, 0.15) is 66.2 Å². The molecule has 0 aromatic carbocycles. The van der Waals surface area contributed by atoms with Gasteiger partial charge in [0.15, 0.2) is 5.78 Å². The zero-order chi connectivity index (χ0) is 11.7. The molecule has 0 aliphatic rings. The van der Waals surface area contributed by atoms with Crippen molar-refractivity contribution in [3.8, 4) is 0 Å². The molecule has 0 saturated carbocycles. The van der Waals surface area contributed by atoms with E-state index in [-0.39, 0.29) is 5.78 Å². The number of rotatable bonds is 9. The minimum Gasteiger partial charge on any atom is -0.368 e. The summed E-state index contributed by atoms with van der Waals surface area (Å²) in [5.41, 5.74) is -0.537. The molecule has 0 heterocycles. The van der Waals surface area contributed by atoms with E-state index in [1.54, 1.807) is 0 Å². The van der Waals surface area contributed by atoms with Crippen LogP contribution in [0.5, 0.6) is 0 Å². The number of ether oxygens (including phenoxy) is 1. The molecule has 0 aliphatic heterocycles. The van der Waals surface area contributed by atoms with Crippen LogP contribution in [0.25, 0.3) is 0 Å². The lowest BCUT2D eigenvalue weighted by atomic mass is 9.93. The van der Waals surface area contributed by atoms with Crippen LogP contribution in [0.3, 0.4) is 0 Å². The summed E-state index contributed by atoms with van der Waals surface area (Å²) in [4.78, 5) is 11.9. The van der Waals surface area contributed by atoms with Gasteiger partial charge in [0.2, 0.25) is 0 Å². The highest BCUT2D eigenvalue weighted by atomic mass is 16.5. The Morgan fingerprint density at radius 3 is 2.20 bits per heavy atom. The molecule has 2 heteroatoms. The van der Waals surface area contributed by atoms with Gasteiger partial charge in [0, 0.05) is 13.0 Å². The average Bonchev–Trinajstić information content (AvgIpc) is 2.25. The van der Waals surface area contributed by atoms with Crippen LogP contribution in [0, 0.1) is 0 Å². The normalized spacial score (nSPS) is 14.9. The molecule has 0 amide bonds. The molecular formula is C13H26O2. The lowest BCUT2D eigenvalue weighted by molar-refractivity contribution is -0.143. The third-order valence-corrected chi connectivity index (χ3v) is 2.94. The Labute approximate surface area is 94.4 Å². The van der Waals surface area contributed by atoms with E-state index in [2.05, 4.69) is 13.8 Å². The van der Waals surface area contributed by atoms with E-state index in [9.17, 15) is 4.79 Å². The van der Waals surface area contributed by atoms with Gasteiger partial charge in [-0.3, -0.25) is 4.79 Å². The van der Waals surface area contributed by atoms with E-state index in [0.29, 0.717) is 13.0 Å². The van der Waals surface area contributed by atoms with Gasteiger partial charge in [-0.25, -0.2) is 0 Å². The zero-order valence-corrected chi connectivity index (χ0v) is 10.8. The van der Waals surface area contributed by atoms with Crippen molar-refractivity contribution in [3.63, 3.8) is 0 Å². The van der Waals surface area contributed by atoms with E-state index < -0.39 is 5.60 Å². The first-order valence-electron chi connectivity index (χ1n) is 6.28. The molecule has 0 fully saturated rings. The van der Waals surface area contributed by atoms with Gasteiger partial charge >= 0.3 is 0 Å². The second-order valence-electron chi connectivity index (χ2n) is 4.31. The molecule has 0 rings (SSSR count). The number of unbranched alkanes of at least 4 members (excludes halogenated alkanes) is 2. The third-order valence-electron chi connectivity index (χ3n) is 2.94. The Bertz CT molecular complexity index is 177. The minimum atomic E-state index is -0.537. The molecule has 0 saturated heterocycles. The fourth-order valence-corrected chi connectivity index (χ4v) is 1.42. The predicted molar refractivity (Wildman–Crippen MR) is 64.1 cm³/mol. The van der Waals surface area contributed by atoms with Crippen molar-refractivity contribution in [3.05, 3.63) is 0 Å². The second kappa shape index (κ2) is 7.86. The van der Waals surface area contributed by atoms with Crippen LogP contribution in [-0.2, 0) is 9.53 Å². The predicted octanol–water partition coefficient (Wildman–Crippen LogP) is 3.73. The Morgan fingerprint density at radius 1 is 1.13 bits per heavy atom. The highest BCUT2D eigenvalue weighted by Crippen LogP contribution is 2.20. The van der Waals surface area contributed by atoms with Gasteiger partial charge in [0.1, 0.15) is 5.60 Å². The van der Waals surface area contributed by atoms with E-state index in [1.807, 2.05) is 13.8 Å². The molecule has 1 atom stereocenters. The van der Waals surface area contributed by atoms with Crippen molar-refractivity contribution >= 4 is 5.78 Å². The van der Waals surface area contributed by atoms with Crippen LogP contribution in [-0.4, -0.2) is 18.0 Å². The maximum absolute atomic E-state index is 11.9. The van der Waals surface area contributed by atoms with Crippen molar-refractivity contribution in [1.82, 2.24) is 0 Å². The molecule has 90 valence electrons. The van der Waals surface area contributed by atoms with E-state index >= 15 is 0 Å². The number of Topliss-reactive ketones (excluding diaryl/α,β-unsaturated/α-hetero) is 1. The topological polar surface area (TPSA) is 26.3 Å². The molecule has 0 aliphatic carbocycles. The molecule has 1 unspecified atom stereocenters. The first-order chi connectivity index (χ1) is 7.10. The smallest absolute Gasteiger partial charge is 0.164 e. The van der Waals surface area contributed by atoms with Crippen molar-refractivity contribution in [2.45, 2.75) is 71.8 Å². The van der Waals surface area contributed by atoms with Gasteiger partial charge in [-0.2, -0.15) is 0 Å². The Balaban J connectivity index is 4.08. The van der Waals surface area contributed by atoms with Crippen LogP contribution in [0.15, 0.2) is 0 Å². The molecule has 0 N–H and O–H groups in total. The molecule has 0 aromatic heterocycles. The molecule has 0 radical (unpaired) electrons. The van der Waals surface area contributed by atoms with Gasteiger partial charge in [-0.05, 0) is 26.2 Å². The number of hydrogen-bond donors (Lipinski definition) is 0. The average molecular weight is 214 g/mol. The maximum atomic E-state index is 11.9. The van der Waals surface area contributed by atoms with Crippen molar-refractivity contribution in [2.75, 3.05) is 6.61 Å². The summed E-state index contributed by atoms with van der Waals surface area (Å²) in [6.07, 6.45) is 5.64. The van der Waals surface area contributed by atoms with Crippen LogP contribution in [0.4, 0.5) is 0 Å². The van der Waals surface area contributed by atoms with Gasteiger partial charge in [0.25, 0.3) is 0 Å². The summed E-state index contributed by atoms with van der Waals surface area (Å²) in [7, 11) is 0. The summed E-state index contributed by atoms with van der Waals surface area (Å²) in [6.45, 7) is 8.90. The van der Waals surface area contributed by atoms with Gasteiger partial charge in [-0.1, -0.05) is 33.6 Å². The number of carbonyl (C=O) groups is 1. The largest absolute Gasteiger partial charge is 0.368 e. The fourth-order valence-electron chi connectivity index (χ4n) is 1.42. The quantitative estimate of drug-likeness (QED) is 0.547. The fraction of sp³-hybridized carbons (Fsp3) is 0.923. The van der Waals surface area contributed by atoms with E-state index in [1.165, 1.54) is 0 Å². The summed E-state index contributed by atoms with van der Waals surface area (Å²) in [6, 6.07) is 0. The van der Waals surface area contributed by atoms with Crippen molar-refractivity contribution < 1.29 is 9.53 Å². The molecule has 0 bridgehead atoms. The summed E-state index contributed by atoms with van der Waals surface area (Å²) in [5.74, 6) is 0.267. The van der Waals surface area contributed by atoms with Gasteiger partial charge in [0.05, 0.1) is 0 Å². The number of ketones is 1. The Kier molecular flexibility index (Phi) is 7.67. The molecule has 2 nitrogen and oxygen atoms in total. The summed E-state index contributed by atoms with van der Waals surface area (Å²) < 4.78 is 5.73. The first-order valence-corrected chi connectivity index (χ1v) is 6.28. The second-order valence-corrected chi connectivity index (χ2v) is 4.31. The Hall–Kier alpha value is -0.370. The van der Waals surface area contributed by atoms with Crippen molar-refractivity contribution in [1.29, 1.82) is 0 Å². The SMILES string of the molecule is CCCCOC(C)(CC)C(=O)CCCC. The number of hydrogen-bond acceptors (Lipinski definition) is 2. The van der Waals surface area contributed by atoms with Gasteiger partial charge < -0.3 is 4.74 Å². The minimum absolute atomic E-state index is 0.267. The van der Waals surface area contributed by atoms with Crippen LogP contribution in [0.2, 0.25) is 0 Å². The molecule has 0 aromatic rings. The van der Waals surface area contributed by atoms with E-state index in [4.69, 9.17) is 4.74 Å². The molecule has 15 heavy (non-hydrogen) atoms. The summed E-state index contributed by atoms with van der Waals surface area (Å²) in [5, 5.41) is 0. The molecular weight excluding hydrogens is 188 g/mol. The van der Waals surface area contributed by atoms with Gasteiger partial charge in [-0.15, -0.1) is 0 Å². The monoisotopic (exact) mass is 214 g/mol. The highest BCUT2D eigenvalue weighted by Gasteiger charge is 2.30. The highest BCUT2D eigenvalue weighted by molar-refractivity contribution is 5.86. The lowest BCUT2D eigenvalue weighted by Gasteiger charge is -2.27. The first kappa shape index (κ1) is 14.6. The Morgan fingerprint density at radius 2 is 1.73 bits per heavy atom. The molecule has 0 spiro atoms. The van der Waals surface area contributed by atoms with Crippen LogP contribution < -0.4 is 0 Å². The van der Waals surface area contributed by atoms with E-state index in [0.717, 1.165) is 32.1 Å².